The lowest BCUT2D eigenvalue weighted by molar-refractivity contribution is -0.136. The molecule has 2 N–H and O–H groups in total. The number of rotatable bonds is 2. The van der Waals surface area contributed by atoms with Gasteiger partial charge in [-0.25, -0.2) is 0 Å². The molecule has 2 fully saturated rings. The lowest BCUT2D eigenvalue weighted by Crippen LogP contribution is -2.39. The second-order valence-corrected chi connectivity index (χ2v) is 7.85. The Kier molecular flexibility index (Phi) is 5.11. The summed E-state index contributed by atoms with van der Waals surface area (Å²) in [5.74, 6) is 1.79. The minimum atomic E-state index is 0.214. The topological polar surface area (TPSA) is 46.3 Å². The quantitative estimate of drug-likeness (QED) is 0.845. The summed E-state index contributed by atoms with van der Waals surface area (Å²) in [7, 11) is 0. The maximum absolute atomic E-state index is 12.7. The lowest BCUT2D eigenvalue weighted by atomic mass is 9.77. The average molecular weight is 280 g/mol. The fraction of sp³-hybridized carbons (Fsp3) is 0.941. The molecule has 2 aliphatic rings. The molecule has 0 radical (unpaired) electrons. The van der Waals surface area contributed by atoms with Crippen molar-refractivity contribution in [1.29, 1.82) is 0 Å². The summed E-state index contributed by atoms with van der Waals surface area (Å²) in [6, 6.07) is 0. The van der Waals surface area contributed by atoms with Gasteiger partial charge >= 0.3 is 0 Å². The number of hydrogen-bond acceptors (Lipinski definition) is 2. The van der Waals surface area contributed by atoms with Gasteiger partial charge in [0.05, 0.1) is 0 Å². The number of amides is 1. The highest BCUT2D eigenvalue weighted by molar-refractivity contribution is 5.79. The van der Waals surface area contributed by atoms with E-state index in [2.05, 4.69) is 25.7 Å². The molecule has 3 atom stereocenters. The molecule has 116 valence electrons. The Hall–Kier alpha value is -0.570. The van der Waals surface area contributed by atoms with Crippen LogP contribution in [0, 0.1) is 23.2 Å². The van der Waals surface area contributed by atoms with Gasteiger partial charge in [0, 0.05) is 19.0 Å². The molecule has 0 aromatic rings. The monoisotopic (exact) mass is 280 g/mol. The summed E-state index contributed by atoms with van der Waals surface area (Å²) in [5.41, 5.74) is 6.20. The van der Waals surface area contributed by atoms with Gasteiger partial charge < -0.3 is 10.6 Å². The van der Waals surface area contributed by atoms with E-state index in [0.29, 0.717) is 23.8 Å². The van der Waals surface area contributed by atoms with Crippen molar-refractivity contribution in [2.45, 2.75) is 59.3 Å². The first-order valence-electron chi connectivity index (χ1n) is 8.42. The molecule has 1 heterocycles. The highest BCUT2D eigenvalue weighted by Gasteiger charge is 2.36. The average Bonchev–Trinajstić information content (AvgIpc) is 2.71. The number of hydrogen-bond donors (Lipinski definition) is 1. The Morgan fingerprint density at radius 1 is 1.10 bits per heavy atom. The fourth-order valence-electron chi connectivity index (χ4n) is 4.06. The molecule has 3 nitrogen and oxygen atoms in total. The van der Waals surface area contributed by atoms with Gasteiger partial charge in [0.2, 0.25) is 5.91 Å². The standard InChI is InChI=1S/C17H32N2O/c1-17(2,3)14-7-5-10-19(11-9-14)16(20)15-8-4-6-13(15)12-18/h13-15H,4-12,18H2,1-3H3. The predicted octanol–water partition coefficient (Wildman–Crippen LogP) is 3.04. The van der Waals surface area contributed by atoms with Gasteiger partial charge in [-0.05, 0) is 55.9 Å². The van der Waals surface area contributed by atoms with E-state index >= 15 is 0 Å². The van der Waals surface area contributed by atoms with Crippen LogP contribution in [0.15, 0.2) is 0 Å². The van der Waals surface area contributed by atoms with Crippen molar-refractivity contribution in [3.05, 3.63) is 0 Å². The molecule has 3 unspecified atom stereocenters. The first-order valence-corrected chi connectivity index (χ1v) is 8.42. The van der Waals surface area contributed by atoms with Crippen LogP contribution in [0.4, 0.5) is 0 Å². The van der Waals surface area contributed by atoms with E-state index in [1.807, 2.05) is 0 Å². The van der Waals surface area contributed by atoms with Crippen LogP contribution in [-0.2, 0) is 4.79 Å². The van der Waals surface area contributed by atoms with Gasteiger partial charge in [0.25, 0.3) is 0 Å². The van der Waals surface area contributed by atoms with Crippen LogP contribution in [-0.4, -0.2) is 30.4 Å². The Bertz CT molecular complexity index is 334. The highest BCUT2D eigenvalue weighted by Crippen LogP contribution is 2.36. The van der Waals surface area contributed by atoms with Crippen molar-refractivity contribution in [2.24, 2.45) is 28.9 Å². The van der Waals surface area contributed by atoms with Crippen molar-refractivity contribution in [2.75, 3.05) is 19.6 Å². The van der Waals surface area contributed by atoms with Crippen molar-refractivity contribution in [1.82, 2.24) is 4.90 Å². The van der Waals surface area contributed by atoms with Crippen LogP contribution < -0.4 is 5.73 Å². The van der Waals surface area contributed by atoms with E-state index in [-0.39, 0.29) is 5.92 Å². The summed E-state index contributed by atoms with van der Waals surface area (Å²) in [6.07, 6.45) is 6.96. The Morgan fingerprint density at radius 3 is 2.50 bits per heavy atom. The summed E-state index contributed by atoms with van der Waals surface area (Å²) in [4.78, 5) is 14.9. The Balaban J connectivity index is 1.95. The van der Waals surface area contributed by atoms with Crippen LogP contribution >= 0.6 is 0 Å². The minimum absolute atomic E-state index is 0.214. The zero-order valence-corrected chi connectivity index (χ0v) is 13.5. The zero-order chi connectivity index (χ0) is 14.8. The molecule has 1 amide bonds. The van der Waals surface area contributed by atoms with Crippen LogP contribution in [0.1, 0.15) is 59.3 Å². The summed E-state index contributed by atoms with van der Waals surface area (Å²) in [5, 5.41) is 0. The van der Waals surface area contributed by atoms with Crippen molar-refractivity contribution < 1.29 is 4.79 Å². The number of nitrogens with two attached hydrogens (primary N) is 1. The van der Waals surface area contributed by atoms with Crippen LogP contribution in [0.2, 0.25) is 0 Å². The van der Waals surface area contributed by atoms with Gasteiger partial charge in [-0.3, -0.25) is 4.79 Å². The molecule has 0 aromatic carbocycles. The summed E-state index contributed by atoms with van der Waals surface area (Å²) >= 11 is 0. The minimum Gasteiger partial charge on any atom is -0.342 e. The van der Waals surface area contributed by atoms with E-state index in [9.17, 15) is 4.79 Å². The van der Waals surface area contributed by atoms with Crippen LogP contribution in [0.3, 0.4) is 0 Å². The third kappa shape index (κ3) is 3.55. The van der Waals surface area contributed by atoms with Gasteiger partial charge in [-0.15, -0.1) is 0 Å². The molecule has 0 spiro atoms. The van der Waals surface area contributed by atoms with Gasteiger partial charge in [0.15, 0.2) is 0 Å². The maximum atomic E-state index is 12.7. The van der Waals surface area contributed by atoms with Gasteiger partial charge in [-0.2, -0.15) is 0 Å². The lowest BCUT2D eigenvalue weighted by Gasteiger charge is -2.30. The molecule has 0 bridgehead atoms. The van der Waals surface area contributed by atoms with E-state index < -0.39 is 0 Å². The van der Waals surface area contributed by atoms with Crippen LogP contribution in [0.5, 0.6) is 0 Å². The molecule has 20 heavy (non-hydrogen) atoms. The molecule has 0 aromatic heterocycles. The molecule has 2 rings (SSSR count). The third-order valence-corrected chi connectivity index (χ3v) is 5.54. The smallest absolute Gasteiger partial charge is 0.226 e. The molecule has 1 saturated heterocycles. The van der Waals surface area contributed by atoms with E-state index in [1.165, 1.54) is 12.8 Å². The van der Waals surface area contributed by atoms with Crippen molar-refractivity contribution in [3.8, 4) is 0 Å². The number of carbonyl (C=O) groups excluding carboxylic acids is 1. The molecular weight excluding hydrogens is 248 g/mol. The third-order valence-electron chi connectivity index (χ3n) is 5.54. The van der Waals surface area contributed by atoms with Gasteiger partial charge in [0.1, 0.15) is 0 Å². The SMILES string of the molecule is CC(C)(C)C1CCCN(C(=O)C2CCCC2CN)CC1. The Morgan fingerprint density at radius 2 is 1.85 bits per heavy atom. The second-order valence-electron chi connectivity index (χ2n) is 7.85. The molecule has 3 heteroatoms. The zero-order valence-electron chi connectivity index (χ0n) is 13.5. The van der Waals surface area contributed by atoms with E-state index in [4.69, 9.17) is 5.73 Å². The normalized spacial score (nSPS) is 32.2. The predicted molar refractivity (Wildman–Crippen MR) is 83.3 cm³/mol. The van der Waals surface area contributed by atoms with Gasteiger partial charge in [-0.1, -0.05) is 27.2 Å². The summed E-state index contributed by atoms with van der Waals surface area (Å²) < 4.78 is 0. The van der Waals surface area contributed by atoms with E-state index in [1.54, 1.807) is 0 Å². The second kappa shape index (κ2) is 6.46. The number of nitrogens with zero attached hydrogens (tertiary/aromatic N) is 1. The maximum Gasteiger partial charge on any atom is 0.226 e. The highest BCUT2D eigenvalue weighted by atomic mass is 16.2. The van der Waals surface area contributed by atoms with Crippen molar-refractivity contribution in [3.63, 3.8) is 0 Å². The molecule has 1 aliphatic carbocycles. The largest absolute Gasteiger partial charge is 0.342 e. The first kappa shape index (κ1) is 15.8. The van der Waals surface area contributed by atoms with Crippen LogP contribution in [0.25, 0.3) is 0 Å². The number of likely N-dealkylation sites (tertiary alicyclic amines) is 1. The first-order chi connectivity index (χ1) is 9.43. The summed E-state index contributed by atoms with van der Waals surface area (Å²) in [6.45, 7) is 9.58. The molecule has 1 aliphatic heterocycles. The molecule has 1 saturated carbocycles. The Labute approximate surface area is 124 Å². The molecular formula is C17H32N2O. The number of carbonyl (C=O) groups is 1. The fourth-order valence-corrected chi connectivity index (χ4v) is 4.06. The van der Waals surface area contributed by atoms with Crippen molar-refractivity contribution >= 4 is 5.91 Å². The van der Waals surface area contributed by atoms with E-state index in [0.717, 1.165) is 44.7 Å².